The second kappa shape index (κ2) is 4.64. The van der Waals surface area contributed by atoms with Gasteiger partial charge in [0, 0.05) is 19.8 Å². The minimum atomic E-state index is 0.515. The maximum absolute atomic E-state index is 5.85. The fourth-order valence-electron chi connectivity index (χ4n) is 2.11. The van der Waals surface area contributed by atoms with E-state index in [-0.39, 0.29) is 0 Å². The Labute approximate surface area is 115 Å². The molecule has 2 aromatic heterocycles. The van der Waals surface area contributed by atoms with Gasteiger partial charge in [-0.2, -0.15) is 0 Å². The van der Waals surface area contributed by atoms with Crippen molar-refractivity contribution in [2.24, 2.45) is 12.8 Å². The summed E-state index contributed by atoms with van der Waals surface area (Å²) in [6.45, 7) is 0.515. The summed E-state index contributed by atoms with van der Waals surface area (Å²) in [6.07, 6.45) is 1.63. The van der Waals surface area contributed by atoms with Gasteiger partial charge in [0.25, 0.3) is 0 Å². The molecule has 19 heavy (non-hydrogen) atoms. The molecule has 3 aromatic rings. The molecule has 1 aromatic carbocycles. The third-order valence-electron chi connectivity index (χ3n) is 3.14. The molecule has 0 radical (unpaired) electrons. The number of nitrogens with two attached hydrogens (primary N) is 1. The molecule has 0 fully saturated rings. The molecule has 0 aliphatic rings. The van der Waals surface area contributed by atoms with Crippen LogP contribution in [0.4, 0.5) is 0 Å². The van der Waals surface area contributed by atoms with Crippen LogP contribution in [-0.2, 0) is 13.6 Å². The number of hydrogen-bond acceptors (Lipinski definition) is 3. The van der Waals surface area contributed by atoms with Gasteiger partial charge in [0.2, 0.25) is 0 Å². The zero-order valence-corrected chi connectivity index (χ0v) is 11.2. The quantitative estimate of drug-likeness (QED) is 0.780. The molecule has 0 bridgehead atoms. The molecule has 3 rings (SSSR count). The molecular weight excluding hydrogens is 260 g/mol. The Kier molecular flexibility index (Phi) is 2.97. The number of imidazole rings is 1. The van der Waals surface area contributed by atoms with Gasteiger partial charge in [-0.3, -0.25) is 4.98 Å². The Morgan fingerprint density at radius 3 is 2.79 bits per heavy atom. The molecular formula is C14H13ClN4. The van der Waals surface area contributed by atoms with Crippen molar-refractivity contribution in [3.05, 3.63) is 47.1 Å². The third kappa shape index (κ3) is 2.09. The highest BCUT2D eigenvalue weighted by Crippen LogP contribution is 2.23. The van der Waals surface area contributed by atoms with E-state index in [2.05, 4.69) is 9.97 Å². The van der Waals surface area contributed by atoms with Crippen LogP contribution >= 0.6 is 11.6 Å². The second-order valence-electron chi connectivity index (χ2n) is 4.38. The van der Waals surface area contributed by atoms with Crippen LogP contribution in [0.15, 0.2) is 36.5 Å². The number of aromatic nitrogens is 3. The topological polar surface area (TPSA) is 56.7 Å². The average molecular weight is 273 g/mol. The van der Waals surface area contributed by atoms with E-state index in [0.717, 1.165) is 28.1 Å². The van der Waals surface area contributed by atoms with Crippen molar-refractivity contribution in [1.29, 1.82) is 0 Å². The van der Waals surface area contributed by atoms with E-state index >= 15 is 0 Å². The van der Waals surface area contributed by atoms with E-state index in [4.69, 9.17) is 17.3 Å². The smallest absolute Gasteiger partial charge is 0.159 e. The lowest BCUT2D eigenvalue weighted by atomic mass is 10.2. The predicted molar refractivity (Wildman–Crippen MR) is 76.8 cm³/mol. The van der Waals surface area contributed by atoms with Crippen molar-refractivity contribution < 1.29 is 0 Å². The molecule has 0 spiro atoms. The number of fused-ring (bicyclic) bond motifs is 1. The van der Waals surface area contributed by atoms with Crippen molar-refractivity contribution in [2.45, 2.75) is 6.54 Å². The molecule has 0 saturated carbocycles. The number of pyridine rings is 1. The molecule has 0 aliphatic carbocycles. The lowest BCUT2D eigenvalue weighted by molar-refractivity contribution is 0.950. The molecule has 0 unspecified atom stereocenters. The van der Waals surface area contributed by atoms with Gasteiger partial charge in [-0.25, -0.2) is 4.98 Å². The highest BCUT2D eigenvalue weighted by Gasteiger charge is 2.11. The monoisotopic (exact) mass is 272 g/mol. The van der Waals surface area contributed by atoms with Crippen molar-refractivity contribution in [2.75, 3.05) is 0 Å². The lowest BCUT2D eigenvalue weighted by Crippen LogP contribution is -1.96. The van der Waals surface area contributed by atoms with Gasteiger partial charge in [-0.15, -0.1) is 0 Å². The molecule has 96 valence electrons. The number of benzene rings is 1. The number of nitrogens with zero attached hydrogens (tertiary/aromatic N) is 3. The summed E-state index contributed by atoms with van der Waals surface area (Å²) in [5.41, 5.74) is 9.51. The summed E-state index contributed by atoms with van der Waals surface area (Å²) in [6, 6.07) is 9.74. The van der Waals surface area contributed by atoms with Crippen LogP contribution in [0.25, 0.3) is 22.6 Å². The first kappa shape index (κ1) is 12.1. The summed E-state index contributed by atoms with van der Waals surface area (Å²) in [5.74, 6) is 0.820. The Hall–Kier alpha value is -1.91. The van der Waals surface area contributed by atoms with Crippen LogP contribution in [0.3, 0.4) is 0 Å². The third-order valence-corrected chi connectivity index (χ3v) is 3.36. The van der Waals surface area contributed by atoms with Gasteiger partial charge < -0.3 is 10.3 Å². The fraction of sp³-hybridized carbons (Fsp3) is 0.143. The van der Waals surface area contributed by atoms with E-state index in [1.165, 1.54) is 0 Å². The second-order valence-corrected chi connectivity index (χ2v) is 4.82. The van der Waals surface area contributed by atoms with E-state index in [9.17, 15) is 0 Å². The summed E-state index contributed by atoms with van der Waals surface area (Å²) in [5, 5.41) is 0.618. The lowest BCUT2D eigenvalue weighted by Gasteiger charge is -2.01. The van der Waals surface area contributed by atoms with Crippen LogP contribution in [0, 0.1) is 0 Å². The number of hydrogen-bond donors (Lipinski definition) is 1. The first-order valence-corrected chi connectivity index (χ1v) is 6.34. The minimum Gasteiger partial charge on any atom is -0.326 e. The van der Waals surface area contributed by atoms with E-state index in [1.807, 2.05) is 41.9 Å². The average Bonchev–Trinajstić information content (AvgIpc) is 2.76. The summed E-state index contributed by atoms with van der Waals surface area (Å²) in [7, 11) is 1.98. The van der Waals surface area contributed by atoms with Gasteiger partial charge in [0.05, 0.1) is 16.1 Å². The molecule has 2 heterocycles. The Morgan fingerprint density at radius 2 is 2.11 bits per heavy atom. The molecule has 4 nitrogen and oxygen atoms in total. The van der Waals surface area contributed by atoms with Gasteiger partial charge in [0.1, 0.15) is 5.69 Å². The number of halogens is 1. The largest absolute Gasteiger partial charge is 0.326 e. The van der Waals surface area contributed by atoms with Gasteiger partial charge >= 0.3 is 0 Å². The van der Waals surface area contributed by atoms with Crippen molar-refractivity contribution in [1.82, 2.24) is 14.5 Å². The maximum atomic E-state index is 5.85. The number of aryl methyl sites for hydroxylation is 1. The van der Waals surface area contributed by atoms with Gasteiger partial charge in [-0.1, -0.05) is 17.7 Å². The minimum absolute atomic E-state index is 0.515. The van der Waals surface area contributed by atoms with Crippen molar-refractivity contribution in [3.63, 3.8) is 0 Å². The molecule has 0 amide bonds. The summed E-state index contributed by atoms with van der Waals surface area (Å²) >= 11 is 5.85. The van der Waals surface area contributed by atoms with Crippen LogP contribution < -0.4 is 5.73 Å². The zero-order valence-electron chi connectivity index (χ0n) is 10.5. The molecule has 0 aliphatic heterocycles. The maximum Gasteiger partial charge on any atom is 0.159 e. The predicted octanol–water partition coefficient (Wildman–Crippen LogP) is 2.75. The number of rotatable bonds is 2. The van der Waals surface area contributed by atoms with Crippen molar-refractivity contribution >= 4 is 22.6 Å². The molecule has 0 atom stereocenters. The fourth-order valence-corrected chi connectivity index (χ4v) is 2.22. The van der Waals surface area contributed by atoms with Crippen LogP contribution in [0.5, 0.6) is 0 Å². The highest BCUT2D eigenvalue weighted by atomic mass is 35.5. The van der Waals surface area contributed by atoms with E-state index in [0.29, 0.717) is 11.6 Å². The van der Waals surface area contributed by atoms with Crippen LogP contribution in [-0.4, -0.2) is 14.5 Å². The SMILES string of the molecule is Cn1c(-c2ccc(Cl)cn2)nc2cc(CN)ccc21. The standard InChI is InChI=1S/C14H13ClN4/c1-19-13-5-2-9(7-16)6-12(13)18-14(19)11-4-3-10(15)8-17-11/h2-6,8H,7,16H2,1H3. The van der Waals surface area contributed by atoms with Crippen LogP contribution in [0.1, 0.15) is 5.56 Å². The molecule has 2 N–H and O–H groups in total. The molecule has 0 saturated heterocycles. The Balaban J connectivity index is 2.19. The van der Waals surface area contributed by atoms with Gasteiger partial charge in [0.15, 0.2) is 5.82 Å². The first-order chi connectivity index (χ1) is 9.19. The first-order valence-electron chi connectivity index (χ1n) is 5.96. The zero-order chi connectivity index (χ0) is 13.4. The van der Waals surface area contributed by atoms with Gasteiger partial charge in [-0.05, 0) is 29.8 Å². The van der Waals surface area contributed by atoms with Crippen LogP contribution in [0.2, 0.25) is 5.02 Å². The molecule has 5 heteroatoms. The van der Waals surface area contributed by atoms with E-state index < -0.39 is 0 Å². The Morgan fingerprint density at radius 1 is 1.26 bits per heavy atom. The normalized spacial score (nSPS) is 11.1. The Bertz CT molecular complexity index is 731. The van der Waals surface area contributed by atoms with E-state index in [1.54, 1.807) is 6.20 Å². The highest BCUT2D eigenvalue weighted by molar-refractivity contribution is 6.30. The summed E-state index contributed by atoms with van der Waals surface area (Å²) in [4.78, 5) is 8.93. The van der Waals surface area contributed by atoms with Crippen molar-refractivity contribution in [3.8, 4) is 11.5 Å². The summed E-state index contributed by atoms with van der Waals surface area (Å²) < 4.78 is 2.02.